The summed E-state index contributed by atoms with van der Waals surface area (Å²) in [6, 6.07) is 6.34. The van der Waals surface area contributed by atoms with Crippen molar-refractivity contribution in [3.63, 3.8) is 0 Å². The number of aliphatic carboxylic acids is 1. The maximum absolute atomic E-state index is 11.2. The third-order valence-corrected chi connectivity index (χ3v) is 6.78. The number of carboxylic acid groups (broad SMARTS) is 1. The molecule has 1 aliphatic heterocycles. The van der Waals surface area contributed by atoms with Gasteiger partial charge in [-0.3, -0.25) is 4.79 Å². The fourth-order valence-electron chi connectivity index (χ4n) is 4.53. The van der Waals surface area contributed by atoms with Crippen LogP contribution in [-0.2, 0) is 11.2 Å². The van der Waals surface area contributed by atoms with Gasteiger partial charge >= 0.3 is 5.97 Å². The van der Waals surface area contributed by atoms with E-state index in [0.29, 0.717) is 18.8 Å². The van der Waals surface area contributed by atoms with Crippen molar-refractivity contribution in [2.45, 2.75) is 52.4 Å². The molecule has 6 heteroatoms. The van der Waals surface area contributed by atoms with Crippen LogP contribution in [0.2, 0.25) is 0 Å². The van der Waals surface area contributed by atoms with Crippen LogP contribution in [0.4, 0.5) is 5.95 Å². The minimum absolute atomic E-state index is 0.240. The summed E-state index contributed by atoms with van der Waals surface area (Å²) < 4.78 is 6.19. The lowest BCUT2D eigenvalue weighted by molar-refractivity contribution is -0.141. The number of nitrogens with zero attached hydrogens (tertiary/aromatic N) is 3. The molecule has 0 amide bonds. The molecule has 2 heterocycles. The van der Waals surface area contributed by atoms with E-state index in [9.17, 15) is 9.90 Å². The summed E-state index contributed by atoms with van der Waals surface area (Å²) in [7, 11) is 0. The number of carboxylic acids is 1. The molecule has 0 spiro atoms. The molecule has 1 aromatic carbocycles. The fourth-order valence-corrected chi connectivity index (χ4v) is 4.53. The Morgan fingerprint density at radius 1 is 1.19 bits per heavy atom. The van der Waals surface area contributed by atoms with Gasteiger partial charge in [0.05, 0.1) is 12.5 Å². The summed E-state index contributed by atoms with van der Waals surface area (Å²) in [6.45, 7) is 6.85. The topological polar surface area (TPSA) is 75.6 Å². The van der Waals surface area contributed by atoms with Crippen molar-refractivity contribution in [1.82, 2.24) is 9.97 Å². The largest absolute Gasteiger partial charge is 0.493 e. The maximum Gasteiger partial charge on any atom is 0.306 e. The number of piperidine rings is 1. The summed E-state index contributed by atoms with van der Waals surface area (Å²) >= 11 is 0. The minimum Gasteiger partial charge on any atom is -0.493 e. The van der Waals surface area contributed by atoms with Crippen LogP contribution in [0.1, 0.15) is 55.7 Å². The summed E-state index contributed by atoms with van der Waals surface area (Å²) in [5.41, 5.74) is 4.73. The Kier molecular flexibility index (Phi) is 7.08. The summed E-state index contributed by atoms with van der Waals surface area (Å²) in [4.78, 5) is 22.5. The third kappa shape index (κ3) is 5.29. The van der Waals surface area contributed by atoms with E-state index in [1.807, 2.05) is 12.4 Å². The smallest absolute Gasteiger partial charge is 0.306 e. The molecule has 1 unspecified atom stereocenters. The highest BCUT2D eigenvalue weighted by atomic mass is 16.5. The van der Waals surface area contributed by atoms with Gasteiger partial charge in [0, 0.05) is 25.5 Å². The van der Waals surface area contributed by atoms with Crippen LogP contribution in [0.25, 0.3) is 5.57 Å². The van der Waals surface area contributed by atoms with Gasteiger partial charge in [-0.1, -0.05) is 19.1 Å². The van der Waals surface area contributed by atoms with Gasteiger partial charge < -0.3 is 14.7 Å². The predicted molar refractivity (Wildman–Crippen MR) is 126 cm³/mol. The fraction of sp³-hybridized carbons (Fsp3) is 0.500. The van der Waals surface area contributed by atoms with Crippen molar-refractivity contribution in [2.24, 2.45) is 11.8 Å². The van der Waals surface area contributed by atoms with Crippen molar-refractivity contribution in [2.75, 3.05) is 24.6 Å². The van der Waals surface area contributed by atoms with Crippen LogP contribution < -0.4 is 9.64 Å². The van der Waals surface area contributed by atoms with Crippen LogP contribution in [0, 0.1) is 18.8 Å². The second kappa shape index (κ2) is 10.2. The molecular formula is C26H33N3O3. The first-order valence-electron chi connectivity index (χ1n) is 11.7. The van der Waals surface area contributed by atoms with Crippen LogP contribution in [0.3, 0.4) is 0 Å². The second-order valence-electron chi connectivity index (χ2n) is 9.01. The first-order valence-corrected chi connectivity index (χ1v) is 11.7. The lowest BCUT2D eigenvalue weighted by Gasteiger charge is -2.32. The van der Waals surface area contributed by atoms with E-state index in [1.54, 1.807) is 0 Å². The monoisotopic (exact) mass is 435 g/mol. The number of aryl methyl sites for hydroxylation is 2. The molecule has 0 saturated carbocycles. The summed E-state index contributed by atoms with van der Waals surface area (Å²) in [5, 5.41) is 9.18. The number of carbonyl (C=O) groups is 1. The van der Waals surface area contributed by atoms with Gasteiger partial charge in [-0.15, -0.1) is 0 Å². The number of aromatic nitrogens is 2. The molecule has 1 aliphatic carbocycles. The molecule has 1 atom stereocenters. The number of hydrogen-bond acceptors (Lipinski definition) is 5. The zero-order chi connectivity index (χ0) is 22.5. The van der Waals surface area contributed by atoms with Gasteiger partial charge in [0.25, 0.3) is 0 Å². The van der Waals surface area contributed by atoms with Crippen molar-refractivity contribution in [3.8, 4) is 5.75 Å². The molecule has 2 aliphatic rings. The number of ether oxygens (including phenoxy) is 1. The van der Waals surface area contributed by atoms with E-state index >= 15 is 0 Å². The van der Waals surface area contributed by atoms with Gasteiger partial charge in [-0.2, -0.15) is 0 Å². The van der Waals surface area contributed by atoms with Gasteiger partial charge in [0.1, 0.15) is 5.75 Å². The number of allylic oxidation sites excluding steroid dienone is 2. The standard InChI is InChI=1S/C26H33N3O3/c1-3-19-15-27-26(28-16-19)29-12-10-20(11-13-29)17-32-24-9-8-23(14-18(24)2)21-4-6-22(7-5-21)25(30)31/h4,8-9,14-16,20,22H,3,5-7,10-13,17H2,1-2H3,(H,30,31). The number of benzene rings is 1. The Bertz CT molecular complexity index is 963. The SMILES string of the molecule is CCc1cnc(N2CCC(COc3ccc(C4=CCC(C(=O)O)CC4)cc3C)CC2)nc1. The van der Waals surface area contributed by atoms with Crippen LogP contribution in [-0.4, -0.2) is 40.7 Å². The Balaban J connectivity index is 1.28. The molecule has 1 aromatic heterocycles. The van der Waals surface area contributed by atoms with Crippen LogP contribution in [0.5, 0.6) is 5.75 Å². The second-order valence-corrected chi connectivity index (χ2v) is 9.01. The zero-order valence-corrected chi connectivity index (χ0v) is 19.1. The van der Waals surface area contributed by atoms with Gasteiger partial charge in [0.2, 0.25) is 5.95 Å². The zero-order valence-electron chi connectivity index (χ0n) is 19.1. The van der Waals surface area contributed by atoms with E-state index in [4.69, 9.17) is 4.74 Å². The van der Waals surface area contributed by atoms with Crippen molar-refractivity contribution < 1.29 is 14.6 Å². The molecule has 0 bridgehead atoms. The number of anilines is 1. The van der Waals surface area contributed by atoms with Gasteiger partial charge in [0.15, 0.2) is 0 Å². The molecule has 1 saturated heterocycles. The molecule has 2 aromatic rings. The van der Waals surface area contributed by atoms with Crippen LogP contribution in [0.15, 0.2) is 36.7 Å². The lowest BCUT2D eigenvalue weighted by Crippen LogP contribution is -2.36. The van der Waals surface area contributed by atoms with E-state index in [1.165, 1.54) is 16.7 Å². The van der Waals surface area contributed by atoms with E-state index in [-0.39, 0.29) is 5.92 Å². The lowest BCUT2D eigenvalue weighted by atomic mass is 9.86. The number of hydrogen-bond donors (Lipinski definition) is 1. The Labute approximate surface area is 190 Å². The first-order chi connectivity index (χ1) is 15.5. The highest BCUT2D eigenvalue weighted by molar-refractivity contribution is 5.74. The van der Waals surface area contributed by atoms with E-state index in [0.717, 1.165) is 62.6 Å². The molecule has 170 valence electrons. The average molecular weight is 436 g/mol. The average Bonchev–Trinajstić information content (AvgIpc) is 2.84. The molecular weight excluding hydrogens is 402 g/mol. The van der Waals surface area contributed by atoms with Gasteiger partial charge in [-0.25, -0.2) is 9.97 Å². The van der Waals surface area contributed by atoms with Crippen LogP contribution >= 0.6 is 0 Å². The van der Waals surface area contributed by atoms with Crippen molar-refractivity contribution >= 4 is 17.5 Å². The third-order valence-electron chi connectivity index (χ3n) is 6.78. The molecule has 4 rings (SSSR count). The highest BCUT2D eigenvalue weighted by Crippen LogP contribution is 2.33. The molecule has 32 heavy (non-hydrogen) atoms. The normalized spacial score (nSPS) is 19.5. The summed E-state index contributed by atoms with van der Waals surface area (Å²) in [5.74, 6) is 1.38. The Hall–Kier alpha value is -2.89. The molecule has 1 N–H and O–H groups in total. The van der Waals surface area contributed by atoms with E-state index < -0.39 is 5.97 Å². The minimum atomic E-state index is -0.687. The Morgan fingerprint density at radius 3 is 2.53 bits per heavy atom. The predicted octanol–water partition coefficient (Wildman–Crippen LogP) is 4.91. The molecule has 6 nitrogen and oxygen atoms in total. The quantitative estimate of drug-likeness (QED) is 0.666. The number of rotatable bonds is 7. The van der Waals surface area contributed by atoms with Crippen molar-refractivity contribution in [1.29, 1.82) is 0 Å². The maximum atomic E-state index is 11.2. The van der Waals surface area contributed by atoms with Gasteiger partial charge in [-0.05, 0) is 85.8 Å². The first kappa shape index (κ1) is 22.3. The molecule has 0 radical (unpaired) electrons. The Morgan fingerprint density at radius 2 is 1.94 bits per heavy atom. The van der Waals surface area contributed by atoms with Crippen molar-refractivity contribution in [3.05, 3.63) is 53.4 Å². The summed E-state index contributed by atoms with van der Waals surface area (Å²) in [6.07, 6.45) is 11.2. The van der Waals surface area contributed by atoms with E-state index in [2.05, 4.69) is 53.0 Å². The highest BCUT2D eigenvalue weighted by Gasteiger charge is 2.23. The molecule has 1 fully saturated rings.